The molecule has 11 heteroatoms. The quantitative estimate of drug-likeness (QED) is 0.184. The molecule has 0 aliphatic heterocycles. The fraction of sp³-hybridized carbons (Fsp3) is 0.290. The minimum atomic E-state index is -0.411. The number of fused-ring (bicyclic) bond motifs is 1. The van der Waals surface area contributed by atoms with Crippen molar-refractivity contribution >= 4 is 60.6 Å². The first kappa shape index (κ1) is 29.9. The van der Waals surface area contributed by atoms with Gasteiger partial charge in [-0.2, -0.15) is 9.78 Å². The molecule has 42 heavy (non-hydrogen) atoms. The van der Waals surface area contributed by atoms with Crippen molar-refractivity contribution in [2.45, 2.75) is 44.9 Å². The zero-order valence-corrected chi connectivity index (χ0v) is 26.1. The topological polar surface area (TPSA) is 94.8 Å². The maximum Gasteiger partial charge on any atom is 0.282 e. The summed E-state index contributed by atoms with van der Waals surface area (Å²) < 4.78 is 27.5. The van der Waals surface area contributed by atoms with Gasteiger partial charge < -0.3 is 14.8 Å². The van der Waals surface area contributed by atoms with Crippen LogP contribution in [0.4, 0.5) is 10.1 Å². The number of hydrogen-bond acceptors (Lipinski definition) is 6. The predicted octanol–water partition coefficient (Wildman–Crippen LogP) is 7.41. The molecule has 1 N–H and O–H groups in total. The monoisotopic (exact) mass is 698 g/mol. The van der Waals surface area contributed by atoms with E-state index in [0.717, 1.165) is 30.2 Å². The number of carbonyl (C=O) groups is 1. The van der Waals surface area contributed by atoms with Crippen molar-refractivity contribution in [1.82, 2.24) is 9.66 Å². The van der Waals surface area contributed by atoms with E-state index in [1.165, 1.54) is 35.4 Å². The van der Waals surface area contributed by atoms with Crippen molar-refractivity contribution in [3.05, 3.63) is 91.1 Å². The number of aromatic nitrogens is 2. The van der Waals surface area contributed by atoms with Crippen LogP contribution in [0.3, 0.4) is 0 Å². The Kier molecular flexibility index (Phi) is 9.69. The molecular formula is C31H29Br2FN4O4. The number of anilines is 1. The van der Waals surface area contributed by atoms with Gasteiger partial charge >= 0.3 is 0 Å². The van der Waals surface area contributed by atoms with Crippen LogP contribution in [0.15, 0.2) is 73.4 Å². The van der Waals surface area contributed by atoms with Crippen molar-refractivity contribution in [1.29, 1.82) is 0 Å². The van der Waals surface area contributed by atoms with E-state index in [9.17, 15) is 14.0 Å². The number of nitrogens with zero attached hydrogens (tertiary/aromatic N) is 3. The van der Waals surface area contributed by atoms with Gasteiger partial charge in [-0.3, -0.25) is 9.59 Å². The lowest BCUT2D eigenvalue weighted by Crippen LogP contribution is -2.25. The standard InChI is InChI=1S/C31H29Br2FN4O4/c1-2-41-27-15-19(14-25(33)29(27)42-18-28(39)36-23-11-9-22(34)10-12-23)17-35-38-30(20-6-4-3-5-7-20)37-26-13-8-21(32)16-24(26)31(38)40/h8-17,20H,2-7,18H2,1H3,(H,36,39). The molecule has 1 saturated carbocycles. The molecular weight excluding hydrogens is 671 g/mol. The van der Waals surface area contributed by atoms with Crippen LogP contribution in [-0.2, 0) is 4.79 Å². The van der Waals surface area contributed by atoms with Crippen molar-refractivity contribution in [2.24, 2.45) is 5.10 Å². The lowest BCUT2D eigenvalue weighted by molar-refractivity contribution is -0.118. The third kappa shape index (κ3) is 7.07. The fourth-order valence-corrected chi connectivity index (χ4v) is 5.90. The Morgan fingerprint density at radius 1 is 1.10 bits per heavy atom. The Hall–Kier alpha value is -3.57. The van der Waals surface area contributed by atoms with Gasteiger partial charge in [0.2, 0.25) is 0 Å². The van der Waals surface area contributed by atoms with Gasteiger partial charge in [0.05, 0.1) is 28.2 Å². The van der Waals surface area contributed by atoms with E-state index in [0.29, 0.717) is 50.6 Å². The number of halogens is 3. The highest BCUT2D eigenvalue weighted by atomic mass is 79.9. The third-order valence-corrected chi connectivity index (χ3v) is 8.02. The fourth-order valence-electron chi connectivity index (χ4n) is 4.96. The summed E-state index contributed by atoms with van der Waals surface area (Å²) in [6, 6.07) is 14.5. The summed E-state index contributed by atoms with van der Waals surface area (Å²) in [5.41, 5.74) is 1.54. The molecule has 8 nitrogen and oxygen atoms in total. The van der Waals surface area contributed by atoms with Crippen LogP contribution >= 0.6 is 31.9 Å². The van der Waals surface area contributed by atoms with Crippen LogP contribution in [0.2, 0.25) is 0 Å². The summed E-state index contributed by atoms with van der Waals surface area (Å²) in [7, 11) is 0. The summed E-state index contributed by atoms with van der Waals surface area (Å²) in [5.74, 6) is 0.773. The van der Waals surface area contributed by atoms with Crippen molar-refractivity contribution < 1.29 is 18.7 Å². The van der Waals surface area contributed by atoms with Crippen molar-refractivity contribution in [3.63, 3.8) is 0 Å². The number of benzene rings is 3. The largest absolute Gasteiger partial charge is 0.490 e. The Bertz CT molecular complexity index is 1690. The summed E-state index contributed by atoms with van der Waals surface area (Å²) in [6.07, 6.45) is 6.89. The van der Waals surface area contributed by atoms with E-state index >= 15 is 0 Å². The SMILES string of the molecule is CCOc1cc(C=Nn2c(C3CCCCC3)nc3ccc(Br)cc3c2=O)cc(Br)c1OCC(=O)Nc1ccc(F)cc1. The van der Waals surface area contributed by atoms with Crippen LogP contribution in [0.25, 0.3) is 10.9 Å². The average Bonchev–Trinajstić information content (AvgIpc) is 2.98. The molecule has 0 saturated heterocycles. The number of nitrogens with one attached hydrogen (secondary N) is 1. The molecule has 0 unspecified atom stereocenters. The second-order valence-electron chi connectivity index (χ2n) is 9.93. The van der Waals surface area contributed by atoms with E-state index in [1.54, 1.807) is 24.4 Å². The lowest BCUT2D eigenvalue weighted by Gasteiger charge is -2.22. The van der Waals surface area contributed by atoms with Gasteiger partial charge in [0.25, 0.3) is 11.5 Å². The smallest absolute Gasteiger partial charge is 0.282 e. The maximum atomic E-state index is 13.6. The first-order chi connectivity index (χ1) is 20.3. The van der Waals surface area contributed by atoms with E-state index in [1.807, 2.05) is 19.1 Å². The molecule has 1 heterocycles. The minimum absolute atomic E-state index is 0.152. The van der Waals surface area contributed by atoms with Crippen LogP contribution in [0, 0.1) is 5.82 Å². The van der Waals surface area contributed by atoms with Gasteiger partial charge in [0, 0.05) is 16.1 Å². The number of amides is 1. The molecule has 0 atom stereocenters. The van der Waals surface area contributed by atoms with Gasteiger partial charge in [0.1, 0.15) is 11.6 Å². The van der Waals surface area contributed by atoms with Crippen LogP contribution in [0.1, 0.15) is 56.3 Å². The van der Waals surface area contributed by atoms with Gasteiger partial charge in [-0.25, -0.2) is 9.37 Å². The maximum absolute atomic E-state index is 13.6. The summed E-state index contributed by atoms with van der Waals surface area (Å²) in [6.45, 7) is 1.91. The minimum Gasteiger partial charge on any atom is -0.490 e. The number of ether oxygens (including phenoxy) is 2. The molecule has 1 fully saturated rings. The Morgan fingerprint density at radius 3 is 2.60 bits per heavy atom. The highest BCUT2D eigenvalue weighted by molar-refractivity contribution is 9.10. The zero-order valence-electron chi connectivity index (χ0n) is 22.9. The van der Waals surface area contributed by atoms with Gasteiger partial charge in [0.15, 0.2) is 18.1 Å². The third-order valence-electron chi connectivity index (χ3n) is 6.93. The lowest BCUT2D eigenvalue weighted by atomic mass is 9.88. The molecule has 0 bridgehead atoms. The highest BCUT2D eigenvalue weighted by Gasteiger charge is 2.23. The Morgan fingerprint density at radius 2 is 1.86 bits per heavy atom. The Labute approximate surface area is 259 Å². The summed E-state index contributed by atoms with van der Waals surface area (Å²) >= 11 is 6.98. The van der Waals surface area contributed by atoms with E-state index in [2.05, 4.69) is 42.3 Å². The molecule has 1 aliphatic carbocycles. The van der Waals surface area contributed by atoms with E-state index in [4.69, 9.17) is 14.5 Å². The second-order valence-corrected chi connectivity index (χ2v) is 11.7. The van der Waals surface area contributed by atoms with Crippen molar-refractivity contribution in [2.75, 3.05) is 18.5 Å². The number of rotatable bonds is 9. The molecule has 1 amide bonds. The first-order valence-electron chi connectivity index (χ1n) is 13.7. The molecule has 5 rings (SSSR count). The normalized spacial score (nSPS) is 13.9. The van der Waals surface area contributed by atoms with Crippen LogP contribution < -0.4 is 20.3 Å². The van der Waals surface area contributed by atoms with Gasteiger partial charge in [-0.1, -0.05) is 35.2 Å². The number of hydrogen-bond donors (Lipinski definition) is 1. The van der Waals surface area contributed by atoms with E-state index in [-0.39, 0.29) is 18.1 Å². The average molecular weight is 700 g/mol. The van der Waals surface area contributed by atoms with E-state index < -0.39 is 11.7 Å². The first-order valence-corrected chi connectivity index (χ1v) is 15.3. The molecule has 1 aliphatic rings. The summed E-state index contributed by atoms with van der Waals surface area (Å²) in [5, 5.41) is 7.77. The van der Waals surface area contributed by atoms with Crippen LogP contribution in [-0.4, -0.2) is 35.0 Å². The second kappa shape index (κ2) is 13.6. The molecule has 218 valence electrons. The van der Waals surface area contributed by atoms with Crippen LogP contribution in [0.5, 0.6) is 11.5 Å². The Balaban J connectivity index is 1.43. The highest BCUT2D eigenvalue weighted by Crippen LogP contribution is 2.37. The summed E-state index contributed by atoms with van der Waals surface area (Å²) in [4.78, 5) is 31.0. The molecule has 0 radical (unpaired) electrons. The number of carbonyl (C=O) groups excluding carboxylic acids is 1. The molecule has 4 aromatic rings. The van der Waals surface area contributed by atoms with Gasteiger partial charge in [-0.05, 0) is 95.9 Å². The molecule has 0 spiro atoms. The predicted molar refractivity (Wildman–Crippen MR) is 168 cm³/mol. The molecule has 3 aromatic carbocycles. The zero-order chi connectivity index (χ0) is 29.6. The van der Waals surface area contributed by atoms with Gasteiger partial charge in [-0.15, -0.1) is 0 Å². The molecule has 1 aromatic heterocycles. The van der Waals surface area contributed by atoms with Crippen molar-refractivity contribution in [3.8, 4) is 11.5 Å².